The van der Waals surface area contributed by atoms with Gasteiger partial charge < -0.3 is 19.8 Å². The maximum absolute atomic E-state index is 5.94. The van der Waals surface area contributed by atoms with Gasteiger partial charge in [0.25, 0.3) is 0 Å². The van der Waals surface area contributed by atoms with E-state index in [0.717, 1.165) is 44.1 Å². The number of ether oxygens (including phenoxy) is 1. The Morgan fingerprint density at radius 3 is 2.72 bits per heavy atom. The number of benzene rings is 1. The van der Waals surface area contributed by atoms with Crippen molar-refractivity contribution in [1.29, 1.82) is 0 Å². The second kappa shape index (κ2) is 9.98. The normalized spacial score (nSPS) is 24.9. The van der Waals surface area contributed by atoms with Crippen LogP contribution in [-0.2, 0) is 17.6 Å². The van der Waals surface area contributed by atoms with Crippen molar-refractivity contribution in [3.8, 4) is 0 Å². The molecule has 158 valence electrons. The van der Waals surface area contributed by atoms with Crippen LogP contribution in [0.3, 0.4) is 0 Å². The van der Waals surface area contributed by atoms with E-state index in [1.165, 1.54) is 5.56 Å². The summed E-state index contributed by atoms with van der Waals surface area (Å²) < 4.78 is 11.4. The lowest BCUT2D eigenvalue weighted by atomic mass is 9.57. The van der Waals surface area contributed by atoms with E-state index in [1.54, 1.807) is 6.26 Å². The zero-order valence-electron chi connectivity index (χ0n) is 17.3. The molecule has 2 aliphatic rings. The highest BCUT2D eigenvalue weighted by Gasteiger charge is 2.59. The minimum absolute atomic E-state index is 0. The molecule has 0 amide bonds. The molecule has 3 atom stereocenters. The van der Waals surface area contributed by atoms with Crippen LogP contribution in [0.2, 0.25) is 0 Å². The van der Waals surface area contributed by atoms with E-state index in [2.05, 4.69) is 54.8 Å². The number of halogens is 1. The molecule has 2 fully saturated rings. The predicted octanol–water partition coefficient (Wildman–Crippen LogP) is 4.03. The van der Waals surface area contributed by atoms with Crippen LogP contribution in [0.25, 0.3) is 0 Å². The van der Waals surface area contributed by atoms with Crippen molar-refractivity contribution in [2.75, 3.05) is 19.7 Å². The summed E-state index contributed by atoms with van der Waals surface area (Å²) in [7, 11) is 0. The molecule has 1 aliphatic carbocycles. The predicted molar refractivity (Wildman–Crippen MR) is 127 cm³/mol. The highest BCUT2D eigenvalue weighted by atomic mass is 127. The third-order valence-corrected chi connectivity index (χ3v) is 6.15. The van der Waals surface area contributed by atoms with Crippen molar-refractivity contribution in [2.45, 2.75) is 45.3 Å². The zero-order valence-corrected chi connectivity index (χ0v) is 19.6. The highest BCUT2D eigenvalue weighted by molar-refractivity contribution is 14.0. The van der Waals surface area contributed by atoms with Gasteiger partial charge in [0.05, 0.1) is 12.4 Å². The van der Waals surface area contributed by atoms with Gasteiger partial charge in [-0.3, -0.25) is 4.99 Å². The third kappa shape index (κ3) is 5.15. The summed E-state index contributed by atoms with van der Waals surface area (Å²) in [5.41, 5.74) is 1.46. The van der Waals surface area contributed by atoms with Crippen LogP contribution in [0.15, 0.2) is 58.1 Å². The first-order valence-corrected chi connectivity index (χ1v) is 10.4. The lowest BCUT2D eigenvalue weighted by molar-refractivity contribution is -0.106. The van der Waals surface area contributed by atoms with Gasteiger partial charge in [0.15, 0.2) is 5.96 Å². The van der Waals surface area contributed by atoms with Crippen LogP contribution in [0.4, 0.5) is 0 Å². The Kier molecular flexibility index (Phi) is 7.62. The summed E-state index contributed by atoms with van der Waals surface area (Å²) in [5.74, 6) is 2.45. The van der Waals surface area contributed by atoms with Crippen molar-refractivity contribution in [3.05, 3.63) is 60.1 Å². The average Bonchev–Trinajstić information content (AvgIpc) is 3.37. The topological polar surface area (TPSA) is 58.8 Å². The van der Waals surface area contributed by atoms with Gasteiger partial charge in [-0.25, -0.2) is 0 Å². The Hall–Kier alpha value is -1.54. The van der Waals surface area contributed by atoms with Gasteiger partial charge in [-0.2, -0.15) is 0 Å². The van der Waals surface area contributed by atoms with Crippen LogP contribution in [0.5, 0.6) is 0 Å². The molecule has 0 spiro atoms. The summed E-state index contributed by atoms with van der Waals surface area (Å²) in [4.78, 5) is 4.82. The van der Waals surface area contributed by atoms with Crippen LogP contribution < -0.4 is 10.6 Å². The lowest BCUT2D eigenvalue weighted by Crippen LogP contribution is -2.68. The first-order valence-electron chi connectivity index (χ1n) is 10.4. The molecule has 4 rings (SSSR count). The molecule has 1 aromatic heterocycles. The van der Waals surface area contributed by atoms with E-state index in [4.69, 9.17) is 14.1 Å². The van der Waals surface area contributed by atoms with E-state index in [9.17, 15) is 0 Å². The maximum Gasteiger partial charge on any atom is 0.191 e. The number of rotatable bonds is 7. The first-order chi connectivity index (χ1) is 13.6. The quantitative estimate of drug-likeness (QED) is 0.336. The molecule has 0 radical (unpaired) electrons. The number of hydrogen-bond donors (Lipinski definition) is 2. The Balaban J connectivity index is 0.00000240. The summed E-state index contributed by atoms with van der Waals surface area (Å²) in [6.45, 7) is 7.02. The fourth-order valence-corrected chi connectivity index (χ4v) is 4.62. The number of hydrogen-bond acceptors (Lipinski definition) is 3. The molecule has 3 unspecified atom stereocenters. The smallest absolute Gasteiger partial charge is 0.191 e. The van der Waals surface area contributed by atoms with Crippen LogP contribution in [-0.4, -0.2) is 37.8 Å². The largest absolute Gasteiger partial charge is 0.469 e. The summed E-state index contributed by atoms with van der Waals surface area (Å²) in [6, 6.07) is 14.9. The van der Waals surface area contributed by atoms with E-state index in [-0.39, 0.29) is 29.4 Å². The van der Waals surface area contributed by atoms with Gasteiger partial charge in [0.1, 0.15) is 5.76 Å². The maximum atomic E-state index is 5.94. The number of nitrogens with zero attached hydrogens (tertiary/aromatic N) is 1. The molecule has 1 aliphatic heterocycles. The lowest BCUT2D eigenvalue weighted by Gasteiger charge is -2.54. The zero-order chi connectivity index (χ0) is 19.4. The van der Waals surface area contributed by atoms with E-state index in [0.29, 0.717) is 24.6 Å². The number of fused-ring (bicyclic) bond motifs is 1. The Labute approximate surface area is 190 Å². The van der Waals surface area contributed by atoms with Gasteiger partial charge in [-0.05, 0) is 30.5 Å². The van der Waals surface area contributed by atoms with Gasteiger partial charge in [0.2, 0.25) is 0 Å². The van der Waals surface area contributed by atoms with Crippen molar-refractivity contribution in [1.82, 2.24) is 10.6 Å². The molecule has 2 heterocycles. The molecule has 2 N–H and O–H groups in total. The molecule has 1 saturated heterocycles. The average molecular weight is 509 g/mol. The molecule has 2 aromatic rings. The summed E-state index contributed by atoms with van der Waals surface area (Å²) in [6.07, 6.45) is 5.01. The Bertz CT molecular complexity index is 777. The summed E-state index contributed by atoms with van der Waals surface area (Å²) in [5, 5.41) is 7.24. The second-order valence-corrected chi connectivity index (χ2v) is 8.41. The van der Waals surface area contributed by atoms with E-state index in [1.807, 2.05) is 12.1 Å². The number of guanidine groups is 1. The van der Waals surface area contributed by atoms with Crippen LogP contribution in [0.1, 0.15) is 31.6 Å². The Morgan fingerprint density at radius 1 is 1.14 bits per heavy atom. The fraction of sp³-hybridized carbons (Fsp3) is 0.522. The highest BCUT2D eigenvalue weighted by Crippen LogP contribution is 2.52. The molecule has 1 saturated carbocycles. The van der Waals surface area contributed by atoms with E-state index < -0.39 is 0 Å². The standard InChI is InChI=1S/C23H31N3O2.HI/c1-23(2)20(19-12-16-28-21(19)23)26-22(25-14-11-18-9-6-15-27-18)24-13-10-17-7-4-3-5-8-17;/h3-9,15,19-21H,10-14,16H2,1-2H3,(H2,24,25,26);1H. The summed E-state index contributed by atoms with van der Waals surface area (Å²) >= 11 is 0. The SMILES string of the molecule is CC1(C)C(NC(=NCCc2ccco2)NCCc2ccccc2)C2CCOC21.I. The number of furan rings is 1. The molecule has 0 bridgehead atoms. The Morgan fingerprint density at radius 2 is 1.97 bits per heavy atom. The van der Waals surface area contributed by atoms with Crippen molar-refractivity contribution < 1.29 is 9.15 Å². The van der Waals surface area contributed by atoms with E-state index >= 15 is 0 Å². The second-order valence-electron chi connectivity index (χ2n) is 8.41. The molecule has 5 nitrogen and oxygen atoms in total. The van der Waals surface area contributed by atoms with Gasteiger partial charge in [-0.15, -0.1) is 24.0 Å². The minimum atomic E-state index is 0. The van der Waals surface area contributed by atoms with Crippen molar-refractivity contribution >= 4 is 29.9 Å². The van der Waals surface area contributed by atoms with Gasteiger partial charge in [0, 0.05) is 43.5 Å². The monoisotopic (exact) mass is 509 g/mol. The first kappa shape index (κ1) is 22.2. The molecular formula is C23H32IN3O2. The fourth-order valence-electron chi connectivity index (χ4n) is 4.62. The van der Waals surface area contributed by atoms with Crippen LogP contribution >= 0.6 is 24.0 Å². The molecule has 29 heavy (non-hydrogen) atoms. The molecular weight excluding hydrogens is 477 g/mol. The third-order valence-electron chi connectivity index (χ3n) is 6.15. The molecule has 1 aromatic carbocycles. The minimum Gasteiger partial charge on any atom is -0.469 e. The number of aliphatic imine (C=N–C) groups is 1. The van der Waals surface area contributed by atoms with Crippen LogP contribution in [0, 0.1) is 11.3 Å². The van der Waals surface area contributed by atoms with Crippen molar-refractivity contribution in [2.24, 2.45) is 16.3 Å². The van der Waals surface area contributed by atoms with Gasteiger partial charge >= 0.3 is 0 Å². The molecule has 6 heteroatoms. The van der Waals surface area contributed by atoms with Gasteiger partial charge in [-0.1, -0.05) is 44.2 Å². The number of nitrogens with one attached hydrogen (secondary N) is 2. The van der Waals surface area contributed by atoms with Crippen molar-refractivity contribution in [3.63, 3.8) is 0 Å².